The van der Waals surface area contributed by atoms with Gasteiger partial charge in [-0.05, 0) is 18.2 Å². The lowest BCUT2D eigenvalue weighted by Crippen LogP contribution is -1.95. The molecule has 0 saturated heterocycles. The third-order valence-electron chi connectivity index (χ3n) is 2.64. The molecule has 0 spiro atoms. The number of aliphatic hydroxyl groups excluding tert-OH is 1. The van der Waals surface area contributed by atoms with E-state index in [4.69, 9.17) is 9.52 Å². The average Bonchev–Trinajstić information content (AvgIpc) is 2.98. The third-order valence-corrected chi connectivity index (χ3v) is 3.61. The monoisotopic (exact) mass is 272 g/mol. The smallest absolute Gasteiger partial charge is 0.197 e. The lowest BCUT2D eigenvalue weighted by molar-refractivity contribution is 0.322. The van der Waals surface area contributed by atoms with Crippen molar-refractivity contribution in [2.75, 3.05) is 12.4 Å². The first kappa shape index (κ1) is 12.2. The SMILES string of the molecule is OCCSc1nc(-c2ccco2)nc2ccccc12. The highest BCUT2D eigenvalue weighted by Gasteiger charge is 2.11. The molecule has 0 aliphatic heterocycles. The molecule has 0 aliphatic carbocycles. The maximum Gasteiger partial charge on any atom is 0.197 e. The first-order valence-corrected chi connectivity index (χ1v) is 6.91. The van der Waals surface area contributed by atoms with Gasteiger partial charge in [0.05, 0.1) is 18.4 Å². The minimum atomic E-state index is 0.124. The molecule has 0 unspecified atom stereocenters. The van der Waals surface area contributed by atoms with Gasteiger partial charge < -0.3 is 9.52 Å². The van der Waals surface area contributed by atoms with E-state index in [1.54, 1.807) is 6.26 Å². The molecule has 2 heterocycles. The lowest BCUT2D eigenvalue weighted by Gasteiger charge is -2.06. The highest BCUT2D eigenvalue weighted by molar-refractivity contribution is 7.99. The van der Waals surface area contributed by atoms with Crippen molar-refractivity contribution < 1.29 is 9.52 Å². The zero-order chi connectivity index (χ0) is 13.1. The Morgan fingerprint density at radius 2 is 2.00 bits per heavy atom. The van der Waals surface area contributed by atoms with Crippen LogP contribution in [0.25, 0.3) is 22.5 Å². The Bertz CT molecular complexity index is 683. The predicted octanol–water partition coefficient (Wildman–Crippen LogP) is 2.97. The summed E-state index contributed by atoms with van der Waals surface area (Å²) in [5.41, 5.74) is 0.879. The van der Waals surface area contributed by atoms with Crippen LogP contribution in [0.5, 0.6) is 0 Å². The van der Waals surface area contributed by atoms with Crippen molar-refractivity contribution in [2.24, 2.45) is 0 Å². The van der Waals surface area contributed by atoms with Gasteiger partial charge in [-0.3, -0.25) is 0 Å². The molecule has 1 aromatic carbocycles. The molecule has 19 heavy (non-hydrogen) atoms. The highest BCUT2D eigenvalue weighted by atomic mass is 32.2. The summed E-state index contributed by atoms with van der Waals surface area (Å²) in [6.45, 7) is 0.124. The number of furan rings is 1. The molecule has 0 amide bonds. The number of rotatable bonds is 4. The van der Waals surface area contributed by atoms with E-state index in [9.17, 15) is 0 Å². The fourth-order valence-corrected chi connectivity index (χ4v) is 2.58. The normalized spacial score (nSPS) is 11.0. The number of para-hydroxylation sites is 1. The van der Waals surface area contributed by atoms with Gasteiger partial charge >= 0.3 is 0 Å². The van der Waals surface area contributed by atoms with Crippen LogP contribution >= 0.6 is 11.8 Å². The van der Waals surface area contributed by atoms with Crippen LogP contribution in [0, 0.1) is 0 Å². The molecular formula is C14H12N2O2S. The van der Waals surface area contributed by atoms with Crippen molar-refractivity contribution in [1.82, 2.24) is 9.97 Å². The van der Waals surface area contributed by atoms with Gasteiger partial charge in [0.15, 0.2) is 11.6 Å². The second kappa shape index (κ2) is 5.42. The van der Waals surface area contributed by atoms with Gasteiger partial charge in [-0.25, -0.2) is 9.97 Å². The summed E-state index contributed by atoms with van der Waals surface area (Å²) in [7, 11) is 0. The number of thioether (sulfide) groups is 1. The van der Waals surface area contributed by atoms with E-state index in [0.717, 1.165) is 15.9 Å². The van der Waals surface area contributed by atoms with E-state index in [1.807, 2.05) is 36.4 Å². The first-order valence-electron chi connectivity index (χ1n) is 5.93. The van der Waals surface area contributed by atoms with Crippen LogP contribution in [0.4, 0.5) is 0 Å². The van der Waals surface area contributed by atoms with Crippen LogP contribution in [0.3, 0.4) is 0 Å². The van der Waals surface area contributed by atoms with Gasteiger partial charge in [0.1, 0.15) is 5.03 Å². The number of fused-ring (bicyclic) bond motifs is 1. The molecule has 4 nitrogen and oxygen atoms in total. The van der Waals surface area contributed by atoms with Crippen molar-refractivity contribution in [3.63, 3.8) is 0 Å². The van der Waals surface area contributed by atoms with E-state index < -0.39 is 0 Å². The van der Waals surface area contributed by atoms with Gasteiger partial charge in [-0.1, -0.05) is 18.2 Å². The lowest BCUT2D eigenvalue weighted by atomic mass is 10.2. The zero-order valence-corrected chi connectivity index (χ0v) is 10.9. The Morgan fingerprint density at radius 3 is 2.79 bits per heavy atom. The number of nitrogens with zero attached hydrogens (tertiary/aromatic N) is 2. The van der Waals surface area contributed by atoms with Crippen LogP contribution in [-0.2, 0) is 0 Å². The molecule has 3 rings (SSSR count). The van der Waals surface area contributed by atoms with Crippen LogP contribution in [0.2, 0.25) is 0 Å². The Labute approximate surface area is 114 Å². The van der Waals surface area contributed by atoms with E-state index in [0.29, 0.717) is 17.3 Å². The molecule has 3 aromatic rings. The summed E-state index contributed by atoms with van der Waals surface area (Å²) in [4.78, 5) is 9.03. The number of benzene rings is 1. The molecule has 0 radical (unpaired) electrons. The molecule has 2 aromatic heterocycles. The highest BCUT2D eigenvalue weighted by Crippen LogP contribution is 2.28. The number of hydrogen-bond donors (Lipinski definition) is 1. The van der Waals surface area contributed by atoms with Crippen molar-refractivity contribution in [2.45, 2.75) is 5.03 Å². The van der Waals surface area contributed by atoms with Crippen molar-refractivity contribution in [3.05, 3.63) is 42.7 Å². The predicted molar refractivity (Wildman–Crippen MR) is 75.0 cm³/mol. The van der Waals surface area contributed by atoms with Crippen LogP contribution in [0.1, 0.15) is 0 Å². The largest absolute Gasteiger partial charge is 0.461 e. The Morgan fingerprint density at radius 1 is 1.11 bits per heavy atom. The van der Waals surface area contributed by atoms with Crippen molar-refractivity contribution >= 4 is 22.7 Å². The fourth-order valence-electron chi connectivity index (χ4n) is 1.82. The van der Waals surface area contributed by atoms with Gasteiger partial charge in [-0.2, -0.15) is 0 Å². The minimum absolute atomic E-state index is 0.124. The number of hydrogen-bond acceptors (Lipinski definition) is 5. The van der Waals surface area contributed by atoms with E-state index >= 15 is 0 Å². The Hall–Kier alpha value is -1.85. The second-order valence-corrected chi connectivity index (χ2v) is 5.00. The average molecular weight is 272 g/mol. The van der Waals surface area contributed by atoms with Crippen LogP contribution in [0.15, 0.2) is 52.1 Å². The van der Waals surface area contributed by atoms with Gasteiger partial charge in [0.2, 0.25) is 0 Å². The van der Waals surface area contributed by atoms with Gasteiger partial charge in [-0.15, -0.1) is 11.8 Å². The van der Waals surface area contributed by atoms with Crippen LogP contribution < -0.4 is 0 Å². The maximum atomic E-state index is 8.97. The molecule has 96 valence electrons. The molecule has 0 bridgehead atoms. The summed E-state index contributed by atoms with van der Waals surface area (Å²) in [6.07, 6.45) is 1.61. The minimum Gasteiger partial charge on any atom is -0.461 e. The molecule has 0 aliphatic rings. The summed E-state index contributed by atoms with van der Waals surface area (Å²) in [6, 6.07) is 11.5. The summed E-state index contributed by atoms with van der Waals surface area (Å²) in [5, 5.41) is 10.8. The molecule has 5 heteroatoms. The molecule has 1 N–H and O–H groups in total. The van der Waals surface area contributed by atoms with Crippen molar-refractivity contribution in [3.8, 4) is 11.6 Å². The van der Waals surface area contributed by atoms with Gasteiger partial charge in [0.25, 0.3) is 0 Å². The van der Waals surface area contributed by atoms with E-state index in [-0.39, 0.29) is 6.61 Å². The molecule has 0 saturated carbocycles. The second-order valence-electron chi connectivity index (χ2n) is 3.92. The summed E-state index contributed by atoms with van der Waals surface area (Å²) in [5.74, 6) is 1.83. The van der Waals surface area contributed by atoms with Crippen LogP contribution in [-0.4, -0.2) is 27.4 Å². The van der Waals surface area contributed by atoms with E-state index in [2.05, 4.69) is 9.97 Å². The quantitative estimate of drug-likeness (QED) is 0.584. The standard InChI is InChI=1S/C14H12N2O2S/c17-7-9-19-14-10-4-1-2-5-11(10)15-13(16-14)12-6-3-8-18-12/h1-6,8,17H,7,9H2. The summed E-state index contributed by atoms with van der Waals surface area (Å²) < 4.78 is 5.34. The Kier molecular flexibility index (Phi) is 3.48. The van der Waals surface area contributed by atoms with Crippen molar-refractivity contribution in [1.29, 1.82) is 0 Å². The maximum absolute atomic E-state index is 8.97. The molecular weight excluding hydrogens is 260 g/mol. The molecule has 0 atom stereocenters. The Balaban J connectivity index is 2.15. The van der Waals surface area contributed by atoms with E-state index in [1.165, 1.54) is 11.8 Å². The number of aliphatic hydroxyl groups is 1. The number of aromatic nitrogens is 2. The summed E-state index contributed by atoms with van der Waals surface area (Å²) >= 11 is 1.52. The van der Waals surface area contributed by atoms with Gasteiger partial charge in [0, 0.05) is 11.1 Å². The zero-order valence-electron chi connectivity index (χ0n) is 10.1. The first-order chi connectivity index (χ1) is 9.38. The molecule has 0 fully saturated rings. The third kappa shape index (κ3) is 2.47. The fraction of sp³-hybridized carbons (Fsp3) is 0.143. The topological polar surface area (TPSA) is 59.2 Å².